The highest BCUT2D eigenvalue weighted by Gasteiger charge is 2.33. The molecule has 114 valence electrons. The summed E-state index contributed by atoms with van der Waals surface area (Å²) >= 11 is 0. The van der Waals surface area contributed by atoms with Gasteiger partial charge in [-0.15, -0.1) is 0 Å². The SMILES string of the molecule is CCNC(c1cc2ccccc2o1)C1CCC(C)(C)CC1. The van der Waals surface area contributed by atoms with Gasteiger partial charge >= 0.3 is 0 Å². The summed E-state index contributed by atoms with van der Waals surface area (Å²) in [7, 11) is 0. The van der Waals surface area contributed by atoms with Gasteiger partial charge in [-0.3, -0.25) is 0 Å². The normalized spacial score (nSPS) is 20.7. The topological polar surface area (TPSA) is 25.2 Å². The highest BCUT2D eigenvalue weighted by molar-refractivity contribution is 5.77. The Morgan fingerprint density at radius 1 is 1.24 bits per heavy atom. The van der Waals surface area contributed by atoms with Gasteiger partial charge in [-0.1, -0.05) is 39.0 Å². The van der Waals surface area contributed by atoms with Crippen molar-refractivity contribution in [3.05, 3.63) is 36.1 Å². The first kappa shape index (κ1) is 14.6. The van der Waals surface area contributed by atoms with Crippen LogP contribution in [0.25, 0.3) is 11.0 Å². The molecule has 21 heavy (non-hydrogen) atoms. The number of benzene rings is 1. The molecule has 1 aromatic heterocycles. The third-order valence-corrected chi connectivity index (χ3v) is 5.03. The summed E-state index contributed by atoms with van der Waals surface area (Å²) in [5.74, 6) is 1.81. The van der Waals surface area contributed by atoms with Crippen LogP contribution in [0.3, 0.4) is 0 Å². The molecule has 0 bridgehead atoms. The lowest BCUT2D eigenvalue weighted by Crippen LogP contribution is -2.32. The predicted molar refractivity (Wildman–Crippen MR) is 88.4 cm³/mol. The summed E-state index contributed by atoms with van der Waals surface area (Å²) in [4.78, 5) is 0. The van der Waals surface area contributed by atoms with Crippen molar-refractivity contribution in [3.8, 4) is 0 Å². The zero-order chi connectivity index (χ0) is 14.9. The van der Waals surface area contributed by atoms with Crippen molar-refractivity contribution < 1.29 is 4.42 Å². The second kappa shape index (κ2) is 5.84. The van der Waals surface area contributed by atoms with Crippen LogP contribution >= 0.6 is 0 Å². The fourth-order valence-electron chi connectivity index (χ4n) is 3.63. The first-order chi connectivity index (χ1) is 10.1. The van der Waals surface area contributed by atoms with E-state index in [1.54, 1.807) is 0 Å². The lowest BCUT2D eigenvalue weighted by Gasteiger charge is -2.37. The van der Waals surface area contributed by atoms with E-state index in [0.29, 0.717) is 17.4 Å². The fourth-order valence-corrected chi connectivity index (χ4v) is 3.63. The Morgan fingerprint density at radius 3 is 2.62 bits per heavy atom. The summed E-state index contributed by atoms with van der Waals surface area (Å²) in [6.45, 7) is 7.96. The largest absolute Gasteiger partial charge is 0.459 e. The Labute approximate surface area is 127 Å². The van der Waals surface area contributed by atoms with Crippen LogP contribution in [0.5, 0.6) is 0 Å². The maximum Gasteiger partial charge on any atom is 0.134 e. The predicted octanol–water partition coefficient (Wildman–Crippen LogP) is 5.30. The van der Waals surface area contributed by atoms with E-state index in [1.165, 1.54) is 31.1 Å². The van der Waals surface area contributed by atoms with E-state index < -0.39 is 0 Å². The third-order valence-electron chi connectivity index (χ3n) is 5.03. The molecule has 1 aliphatic rings. The lowest BCUT2D eigenvalue weighted by atomic mass is 9.71. The number of rotatable bonds is 4. The van der Waals surface area contributed by atoms with Crippen molar-refractivity contribution in [2.45, 2.75) is 52.5 Å². The molecule has 1 heterocycles. The Morgan fingerprint density at radius 2 is 1.95 bits per heavy atom. The number of nitrogens with one attached hydrogen (secondary N) is 1. The van der Waals surface area contributed by atoms with Crippen LogP contribution in [-0.4, -0.2) is 6.54 Å². The van der Waals surface area contributed by atoms with Crippen LogP contribution in [-0.2, 0) is 0 Å². The Balaban J connectivity index is 1.84. The smallest absolute Gasteiger partial charge is 0.134 e. The van der Waals surface area contributed by atoms with Crippen molar-refractivity contribution in [2.75, 3.05) is 6.54 Å². The average molecular weight is 285 g/mol. The van der Waals surface area contributed by atoms with Crippen molar-refractivity contribution in [3.63, 3.8) is 0 Å². The molecule has 1 N–H and O–H groups in total. The van der Waals surface area contributed by atoms with Gasteiger partial charge in [-0.25, -0.2) is 0 Å². The molecule has 1 fully saturated rings. The van der Waals surface area contributed by atoms with Gasteiger partial charge in [0.25, 0.3) is 0 Å². The molecule has 1 aromatic carbocycles. The molecule has 2 nitrogen and oxygen atoms in total. The van der Waals surface area contributed by atoms with Crippen LogP contribution < -0.4 is 5.32 Å². The van der Waals surface area contributed by atoms with E-state index in [1.807, 2.05) is 6.07 Å². The van der Waals surface area contributed by atoms with Gasteiger partial charge in [0.15, 0.2) is 0 Å². The molecule has 0 spiro atoms. The number of fused-ring (bicyclic) bond motifs is 1. The number of hydrogen-bond acceptors (Lipinski definition) is 2. The van der Waals surface area contributed by atoms with Crippen LogP contribution in [0.1, 0.15) is 58.3 Å². The maximum absolute atomic E-state index is 6.13. The van der Waals surface area contributed by atoms with Gasteiger partial charge in [0, 0.05) is 5.39 Å². The Kier molecular flexibility index (Phi) is 4.08. The van der Waals surface area contributed by atoms with Crippen LogP contribution in [0, 0.1) is 11.3 Å². The third kappa shape index (κ3) is 3.16. The molecule has 2 aromatic rings. The summed E-state index contributed by atoms with van der Waals surface area (Å²) in [6, 6.07) is 10.9. The number of para-hydroxylation sites is 1. The minimum absolute atomic E-state index is 0.360. The number of furan rings is 1. The zero-order valence-corrected chi connectivity index (χ0v) is 13.5. The van der Waals surface area contributed by atoms with Gasteiger partial charge in [0.05, 0.1) is 6.04 Å². The summed E-state index contributed by atoms with van der Waals surface area (Å²) < 4.78 is 6.13. The van der Waals surface area contributed by atoms with Gasteiger partial charge in [0.1, 0.15) is 11.3 Å². The first-order valence-electron chi connectivity index (χ1n) is 8.31. The molecule has 1 unspecified atom stereocenters. The van der Waals surface area contributed by atoms with Crippen molar-refractivity contribution >= 4 is 11.0 Å². The van der Waals surface area contributed by atoms with E-state index in [2.05, 4.69) is 50.4 Å². The van der Waals surface area contributed by atoms with Crippen molar-refractivity contribution in [1.29, 1.82) is 0 Å². The quantitative estimate of drug-likeness (QED) is 0.824. The molecule has 2 heteroatoms. The highest BCUT2D eigenvalue weighted by Crippen LogP contribution is 2.43. The molecule has 0 radical (unpaired) electrons. The average Bonchev–Trinajstić information content (AvgIpc) is 2.89. The minimum atomic E-state index is 0.360. The molecule has 0 aliphatic heterocycles. The van der Waals surface area contributed by atoms with Crippen molar-refractivity contribution in [1.82, 2.24) is 5.32 Å². The van der Waals surface area contributed by atoms with Crippen LogP contribution in [0.4, 0.5) is 0 Å². The van der Waals surface area contributed by atoms with E-state index in [4.69, 9.17) is 4.42 Å². The van der Waals surface area contributed by atoms with Crippen molar-refractivity contribution in [2.24, 2.45) is 11.3 Å². The molecule has 0 amide bonds. The summed E-state index contributed by atoms with van der Waals surface area (Å²) in [5.41, 5.74) is 1.52. The molecule has 1 atom stereocenters. The molecular weight excluding hydrogens is 258 g/mol. The van der Waals surface area contributed by atoms with Gasteiger partial charge in [-0.05, 0) is 55.7 Å². The molecule has 3 rings (SSSR count). The summed E-state index contributed by atoms with van der Waals surface area (Å²) in [6.07, 6.45) is 5.23. The van der Waals surface area contributed by atoms with Gasteiger partial charge in [0.2, 0.25) is 0 Å². The van der Waals surface area contributed by atoms with Gasteiger partial charge < -0.3 is 9.73 Å². The molecular formula is C19H27NO. The van der Waals surface area contributed by atoms with E-state index in [0.717, 1.165) is 17.9 Å². The second-order valence-corrected chi connectivity index (χ2v) is 7.22. The second-order valence-electron chi connectivity index (χ2n) is 7.22. The Hall–Kier alpha value is -1.28. The van der Waals surface area contributed by atoms with Crippen LogP contribution in [0.15, 0.2) is 34.7 Å². The fraction of sp³-hybridized carbons (Fsp3) is 0.579. The minimum Gasteiger partial charge on any atom is -0.459 e. The molecule has 1 aliphatic carbocycles. The highest BCUT2D eigenvalue weighted by atomic mass is 16.3. The molecule has 1 saturated carbocycles. The maximum atomic E-state index is 6.13. The zero-order valence-electron chi connectivity index (χ0n) is 13.5. The number of hydrogen-bond donors (Lipinski definition) is 1. The summed E-state index contributed by atoms with van der Waals surface area (Å²) in [5, 5.41) is 4.88. The van der Waals surface area contributed by atoms with E-state index >= 15 is 0 Å². The monoisotopic (exact) mass is 285 g/mol. The lowest BCUT2D eigenvalue weighted by molar-refractivity contribution is 0.154. The van der Waals surface area contributed by atoms with E-state index in [9.17, 15) is 0 Å². The first-order valence-corrected chi connectivity index (χ1v) is 8.31. The van der Waals surface area contributed by atoms with Crippen LogP contribution in [0.2, 0.25) is 0 Å². The standard InChI is InChI=1S/C19H27NO/c1-4-20-18(14-9-11-19(2,3)12-10-14)17-13-15-7-5-6-8-16(15)21-17/h5-8,13-14,18,20H,4,9-12H2,1-3H3. The molecule has 0 saturated heterocycles. The Bertz CT molecular complexity index is 555. The van der Waals surface area contributed by atoms with Gasteiger partial charge in [-0.2, -0.15) is 0 Å². The van der Waals surface area contributed by atoms with E-state index in [-0.39, 0.29) is 0 Å².